The van der Waals surface area contributed by atoms with Crippen molar-refractivity contribution in [2.45, 2.75) is 58.6 Å². The molecule has 0 saturated heterocycles. The maximum Gasteiger partial charge on any atom is 0.322 e. The van der Waals surface area contributed by atoms with Gasteiger partial charge in [0.25, 0.3) is 0 Å². The number of nitrogens with zero attached hydrogens (tertiary/aromatic N) is 1. The zero-order valence-corrected chi connectivity index (χ0v) is 21.4. The molecule has 1 aromatic carbocycles. The van der Waals surface area contributed by atoms with Crippen LogP contribution in [0.5, 0.6) is 0 Å². The van der Waals surface area contributed by atoms with Crippen LogP contribution < -0.4 is 5.32 Å². The molecular weight excluding hydrogens is 456 g/mol. The SMILES string of the molecule is C=C(NC(=O)N(CCOC(C)c1ccccc1)C1CCC(C)CC1)S/C(=C\C)SCC(=O)O. The van der Waals surface area contributed by atoms with Gasteiger partial charge in [-0.05, 0) is 51.0 Å². The Morgan fingerprint density at radius 2 is 1.94 bits per heavy atom. The van der Waals surface area contributed by atoms with Crippen LogP contribution in [0.2, 0.25) is 0 Å². The number of urea groups is 1. The van der Waals surface area contributed by atoms with Crippen LogP contribution in [0.15, 0.2) is 52.3 Å². The summed E-state index contributed by atoms with van der Waals surface area (Å²) in [6.07, 6.45) is 5.97. The van der Waals surface area contributed by atoms with Crippen molar-refractivity contribution in [3.05, 3.63) is 57.8 Å². The number of amides is 2. The van der Waals surface area contributed by atoms with Gasteiger partial charge in [-0.25, -0.2) is 4.79 Å². The number of rotatable bonds is 12. The number of nitrogens with one attached hydrogen (secondary N) is 1. The molecule has 2 N–H and O–H groups in total. The number of hydrogen-bond acceptors (Lipinski definition) is 5. The molecule has 2 rings (SSSR count). The molecule has 2 amide bonds. The van der Waals surface area contributed by atoms with Crippen LogP contribution in [0.4, 0.5) is 4.79 Å². The highest BCUT2D eigenvalue weighted by Gasteiger charge is 2.28. The van der Waals surface area contributed by atoms with E-state index in [0.29, 0.717) is 24.1 Å². The molecule has 0 spiro atoms. The van der Waals surface area contributed by atoms with Gasteiger partial charge in [0.2, 0.25) is 0 Å². The number of thioether (sulfide) groups is 2. The van der Waals surface area contributed by atoms with Gasteiger partial charge in [-0.2, -0.15) is 0 Å². The first-order valence-electron chi connectivity index (χ1n) is 11.4. The first kappa shape index (κ1) is 27.3. The predicted octanol–water partition coefficient (Wildman–Crippen LogP) is 6.24. The Morgan fingerprint density at radius 1 is 1.27 bits per heavy atom. The van der Waals surface area contributed by atoms with Crippen molar-refractivity contribution in [2.75, 3.05) is 18.9 Å². The largest absolute Gasteiger partial charge is 0.481 e. The molecule has 0 radical (unpaired) electrons. The summed E-state index contributed by atoms with van der Waals surface area (Å²) >= 11 is 2.50. The van der Waals surface area contributed by atoms with Crippen molar-refractivity contribution in [3.8, 4) is 0 Å². The molecule has 0 bridgehead atoms. The van der Waals surface area contributed by atoms with E-state index in [-0.39, 0.29) is 23.9 Å². The fourth-order valence-electron chi connectivity index (χ4n) is 3.79. The molecule has 1 saturated carbocycles. The highest BCUT2D eigenvalue weighted by atomic mass is 32.2. The summed E-state index contributed by atoms with van der Waals surface area (Å²) in [5.74, 6) is -0.219. The molecule has 1 fully saturated rings. The Morgan fingerprint density at radius 3 is 2.55 bits per heavy atom. The molecule has 6 nitrogen and oxygen atoms in total. The Hall–Kier alpha value is -1.90. The van der Waals surface area contributed by atoms with Gasteiger partial charge in [0.1, 0.15) is 0 Å². The summed E-state index contributed by atoms with van der Waals surface area (Å²) in [5.41, 5.74) is 1.11. The lowest BCUT2D eigenvalue weighted by Crippen LogP contribution is -2.48. The smallest absolute Gasteiger partial charge is 0.322 e. The lowest BCUT2D eigenvalue weighted by Gasteiger charge is -2.36. The minimum Gasteiger partial charge on any atom is -0.481 e. The lowest BCUT2D eigenvalue weighted by atomic mass is 9.86. The second-order valence-electron chi connectivity index (χ2n) is 8.28. The number of allylic oxidation sites excluding steroid dienone is 1. The number of carboxylic acid groups (broad SMARTS) is 1. The average molecular weight is 493 g/mol. The summed E-state index contributed by atoms with van der Waals surface area (Å²) < 4.78 is 6.84. The van der Waals surface area contributed by atoms with Crippen LogP contribution in [-0.2, 0) is 9.53 Å². The number of carboxylic acids is 1. The number of aliphatic carboxylic acids is 1. The maximum absolute atomic E-state index is 13.2. The molecule has 33 heavy (non-hydrogen) atoms. The van der Waals surface area contributed by atoms with E-state index < -0.39 is 5.97 Å². The van der Waals surface area contributed by atoms with Gasteiger partial charge in [0.15, 0.2) is 0 Å². The van der Waals surface area contributed by atoms with Crippen molar-refractivity contribution >= 4 is 35.5 Å². The van der Waals surface area contributed by atoms with E-state index in [0.717, 1.165) is 35.5 Å². The minimum absolute atomic E-state index is 0.0305. The van der Waals surface area contributed by atoms with Crippen LogP contribution in [0.3, 0.4) is 0 Å². The number of ether oxygens (including phenoxy) is 1. The monoisotopic (exact) mass is 492 g/mol. The summed E-state index contributed by atoms with van der Waals surface area (Å²) in [6.45, 7) is 11.0. The quantitative estimate of drug-likeness (QED) is 0.360. The minimum atomic E-state index is -0.878. The van der Waals surface area contributed by atoms with Crippen LogP contribution in [0.1, 0.15) is 58.1 Å². The topological polar surface area (TPSA) is 78.9 Å². The summed E-state index contributed by atoms with van der Waals surface area (Å²) in [6, 6.07) is 10.1. The van der Waals surface area contributed by atoms with E-state index in [9.17, 15) is 9.59 Å². The number of benzene rings is 1. The number of carbonyl (C=O) groups excluding carboxylic acids is 1. The van der Waals surface area contributed by atoms with E-state index in [2.05, 4.69) is 18.8 Å². The standard InChI is InChI=1S/C25H36N2O4S2/c1-5-24(32-17-23(28)29)33-20(4)26-25(30)27(22-13-11-18(2)12-14-22)15-16-31-19(3)21-9-7-6-8-10-21/h5-10,18-19,22H,4,11-17H2,1-3H3,(H,26,30)(H,28,29)/b24-5-. The average Bonchev–Trinajstić information content (AvgIpc) is 2.80. The van der Waals surface area contributed by atoms with E-state index >= 15 is 0 Å². The number of hydrogen-bond donors (Lipinski definition) is 2. The first-order valence-corrected chi connectivity index (χ1v) is 13.2. The number of carbonyl (C=O) groups is 2. The Bertz CT molecular complexity index is 808. The molecule has 1 unspecified atom stereocenters. The van der Waals surface area contributed by atoms with Gasteiger partial charge in [-0.1, -0.05) is 61.7 Å². The van der Waals surface area contributed by atoms with Crippen LogP contribution in [0, 0.1) is 5.92 Å². The van der Waals surface area contributed by atoms with Crippen molar-refractivity contribution in [2.24, 2.45) is 5.92 Å². The van der Waals surface area contributed by atoms with Crippen molar-refractivity contribution in [1.82, 2.24) is 10.2 Å². The molecule has 0 heterocycles. The maximum atomic E-state index is 13.2. The molecule has 1 aliphatic carbocycles. The van der Waals surface area contributed by atoms with Gasteiger partial charge < -0.3 is 20.1 Å². The molecule has 1 aliphatic rings. The highest BCUT2D eigenvalue weighted by molar-refractivity contribution is 8.24. The van der Waals surface area contributed by atoms with Crippen LogP contribution in [-0.4, -0.2) is 47.0 Å². The van der Waals surface area contributed by atoms with Gasteiger partial charge in [-0.15, -0.1) is 11.8 Å². The summed E-state index contributed by atoms with van der Waals surface area (Å²) in [7, 11) is 0. The van der Waals surface area contributed by atoms with Gasteiger partial charge >= 0.3 is 12.0 Å². The highest BCUT2D eigenvalue weighted by Crippen LogP contribution is 2.33. The molecule has 182 valence electrons. The zero-order valence-electron chi connectivity index (χ0n) is 19.8. The molecule has 1 aromatic rings. The summed E-state index contributed by atoms with van der Waals surface area (Å²) in [5, 5.41) is 12.3. The third-order valence-electron chi connectivity index (χ3n) is 5.70. The molecule has 8 heteroatoms. The Kier molecular flexibility index (Phi) is 11.9. The third kappa shape index (κ3) is 9.86. The van der Waals surface area contributed by atoms with Gasteiger partial charge in [0.05, 0.1) is 23.5 Å². The van der Waals surface area contributed by atoms with Crippen molar-refractivity contribution in [3.63, 3.8) is 0 Å². The second kappa shape index (κ2) is 14.4. The second-order valence-corrected chi connectivity index (χ2v) is 10.7. The Balaban J connectivity index is 1.95. The van der Waals surface area contributed by atoms with Gasteiger partial charge in [0, 0.05) is 16.8 Å². The van der Waals surface area contributed by atoms with Crippen molar-refractivity contribution < 1.29 is 19.4 Å². The van der Waals surface area contributed by atoms with E-state index in [1.807, 2.05) is 55.2 Å². The van der Waals surface area contributed by atoms with E-state index in [1.54, 1.807) is 0 Å². The molecule has 0 aromatic heterocycles. The molecular formula is C25H36N2O4S2. The van der Waals surface area contributed by atoms with E-state index in [4.69, 9.17) is 9.84 Å². The predicted molar refractivity (Wildman–Crippen MR) is 138 cm³/mol. The van der Waals surface area contributed by atoms with Crippen molar-refractivity contribution in [1.29, 1.82) is 0 Å². The zero-order chi connectivity index (χ0) is 24.2. The van der Waals surface area contributed by atoms with Crippen LogP contribution in [0.25, 0.3) is 0 Å². The summed E-state index contributed by atoms with van der Waals surface area (Å²) in [4.78, 5) is 25.9. The third-order valence-corrected chi connectivity index (χ3v) is 8.00. The van der Waals surface area contributed by atoms with Crippen LogP contribution >= 0.6 is 23.5 Å². The molecule has 0 aliphatic heterocycles. The fourth-order valence-corrected chi connectivity index (χ4v) is 5.44. The Labute approximate surface area is 206 Å². The first-order chi connectivity index (χ1) is 15.8. The normalized spacial score (nSPS) is 19.5. The molecule has 1 atom stereocenters. The van der Waals surface area contributed by atoms with Gasteiger partial charge in [-0.3, -0.25) is 4.79 Å². The fraction of sp³-hybridized carbons (Fsp3) is 0.520. The van der Waals surface area contributed by atoms with E-state index in [1.165, 1.54) is 23.5 Å². The lowest BCUT2D eigenvalue weighted by molar-refractivity contribution is -0.133.